The predicted octanol–water partition coefficient (Wildman–Crippen LogP) is 1.34. The third-order valence-corrected chi connectivity index (χ3v) is 3.99. The molecule has 1 amide bonds. The molecule has 1 aliphatic rings. The zero-order valence-electron chi connectivity index (χ0n) is 10.3. The van der Waals surface area contributed by atoms with E-state index in [4.69, 9.17) is 0 Å². The van der Waals surface area contributed by atoms with Gasteiger partial charge in [0.05, 0.1) is 18.1 Å². The van der Waals surface area contributed by atoms with Gasteiger partial charge in [0.2, 0.25) is 5.91 Å². The molecule has 1 unspecified atom stereocenters. The molecule has 0 bridgehead atoms. The first-order valence-electron chi connectivity index (χ1n) is 5.90. The fraction of sp³-hybridized carbons (Fsp3) is 0.333. The van der Waals surface area contributed by atoms with Gasteiger partial charge in [0, 0.05) is 30.5 Å². The van der Waals surface area contributed by atoms with Crippen LogP contribution in [0, 0.1) is 0 Å². The van der Waals surface area contributed by atoms with Gasteiger partial charge in [-0.05, 0) is 6.07 Å². The molecule has 6 nitrogen and oxygen atoms in total. The Labute approximate surface area is 113 Å². The highest BCUT2D eigenvalue weighted by Crippen LogP contribution is 2.29. The number of fused-ring (bicyclic) bond motifs is 1. The second kappa shape index (κ2) is 4.65. The Hall–Kier alpha value is -1.89. The van der Waals surface area contributed by atoms with Gasteiger partial charge in [-0.1, -0.05) is 11.8 Å². The van der Waals surface area contributed by atoms with E-state index in [0.29, 0.717) is 18.6 Å². The molecule has 0 aliphatic carbocycles. The summed E-state index contributed by atoms with van der Waals surface area (Å²) in [4.78, 5) is 29.0. The second-order valence-electron chi connectivity index (χ2n) is 4.44. The van der Waals surface area contributed by atoms with Gasteiger partial charge in [0.15, 0.2) is 10.8 Å². The number of rotatable bonds is 2. The van der Waals surface area contributed by atoms with E-state index in [1.165, 1.54) is 18.7 Å². The van der Waals surface area contributed by atoms with E-state index in [1.54, 1.807) is 17.3 Å². The number of nitrogens with zero attached hydrogens (tertiary/aromatic N) is 3. The highest BCUT2D eigenvalue weighted by atomic mass is 32.2. The lowest BCUT2D eigenvalue weighted by Gasteiger charge is -2.15. The topological polar surface area (TPSA) is 79.0 Å². The van der Waals surface area contributed by atoms with Crippen LogP contribution in [-0.4, -0.2) is 38.0 Å². The minimum atomic E-state index is 0.0309. The van der Waals surface area contributed by atoms with E-state index in [9.17, 15) is 9.59 Å². The number of pyridine rings is 1. The number of amides is 1. The maximum atomic E-state index is 12.0. The number of hydrogen-bond donors (Lipinski definition) is 1. The number of carbonyl (C=O) groups is 2. The monoisotopic (exact) mass is 276 g/mol. The van der Waals surface area contributed by atoms with Crippen molar-refractivity contribution in [1.29, 1.82) is 0 Å². The molecule has 1 atom stereocenters. The number of aromatic nitrogens is 3. The van der Waals surface area contributed by atoms with Crippen LogP contribution in [0.5, 0.6) is 0 Å². The highest BCUT2D eigenvalue weighted by molar-refractivity contribution is 8.14. The van der Waals surface area contributed by atoms with Crippen molar-refractivity contribution >= 4 is 39.5 Å². The number of thioether (sulfide) groups is 1. The van der Waals surface area contributed by atoms with Crippen LogP contribution in [0.3, 0.4) is 0 Å². The first-order valence-corrected chi connectivity index (χ1v) is 6.78. The molecule has 3 rings (SSSR count). The van der Waals surface area contributed by atoms with Gasteiger partial charge in [0.25, 0.3) is 0 Å². The molecule has 1 fully saturated rings. The molecule has 0 spiro atoms. The van der Waals surface area contributed by atoms with Crippen molar-refractivity contribution in [3.63, 3.8) is 0 Å². The standard InChI is InChI=1S/C12H12N4O2S/c1-7(17)19-10-3-11(18)16(6-10)9-2-8-4-14-15-12(8)13-5-9/h2,4-5,10H,3,6H2,1H3,(H,13,14,15). The molecule has 3 heterocycles. The molecule has 19 heavy (non-hydrogen) atoms. The van der Waals surface area contributed by atoms with Crippen LogP contribution in [0.4, 0.5) is 5.69 Å². The summed E-state index contributed by atoms with van der Waals surface area (Å²) in [6.07, 6.45) is 3.72. The largest absolute Gasteiger partial charge is 0.310 e. The van der Waals surface area contributed by atoms with Gasteiger partial charge in [-0.2, -0.15) is 5.10 Å². The smallest absolute Gasteiger partial charge is 0.228 e. The zero-order chi connectivity index (χ0) is 13.4. The van der Waals surface area contributed by atoms with Gasteiger partial charge in [0.1, 0.15) is 0 Å². The average Bonchev–Trinajstić information content (AvgIpc) is 2.93. The third-order valence-electron chi connectivity index (χ3n) is 3.01. The minimum Gasteiger partial charge on any atom is -0.310 e. The first-order chi connectivity index (χ1) is 9.13. The van der Waals surface area contributed by atoms with Crippen LogP contribution >= 0.6 is 11.8 Å². The maximum Gasteiger partial charge on any atom is 0.228 e. The van der Waals surface area contributed by atoms with Crippen LogP contribution < -0.4 is 4.90 Å². The SMILES string of the molecule is CC(=O)SC1CC(=O)N(c2cnc3[nH]ncc3c2)C1. The molecule has 2 aromatic heterocycles. The fourth-order valence-electron chi connectivity index (χ4n) is 2.21. The van der Waals surface area contributed by atoms with Crippen LogP contribution in [0.15, 0.2) is 18.5 Å². The van der Waals surface area contributed by atoms with E-state index >= 15 is 0 Å². The number of carbonyl (C=O) groups excluding carboxylic acids is 2. The van der Waals surface area contributed by atoms with Gasteiger partial charge >= 0.3 is 0 Å². The van der Waals surface area contributed by atoms with Crippen molar-refractivity contribution in [3.8, 4) is 0 Å². The summed E-state index contributed by atoms with van der Waals surface area (Å²) in [6, 6.07) is 1.88. The summed E-state index contributed by atoms with van der Waals surface area (Å²) in [5, 5.41) is 7.62. The van der Waals surface area contributed by atoms with E-state index in [1.807, 2.05) is 6.07 Å². The highest BCUT2D eigenvalue weighted by Gasteiger charge is 2.32. The number of nitrogens with one attached hydrogen (secondary N) is 1. The van der Waals surface area contributed by atoms with Crippen molar-refractivity contribution in [2.45, 2.75) is 18.6 Å². The van der Waals surface area contributed by atoms with Gasteiger partial charge in [-0.3, -0.25) is 14.7 Å². The molecule has 1 N–H and O–H groups in total. The first kappa shape index (κ1) is 12.2. The summed E-state index contributed by atoms with van der Waals surface area (Å²) in [7, 11) is 0. The summed E-state index contributed by atoms with van der Waals surface area (Å²) in [6.45, 7) is 2.07. The van der Waals surface area contributed by atoms with E-state index < -0.39 is 0 Å². The summed E-state index contributed by atoms with van der Waals surface area (Å²) in [5.41, 5.74) is 1.45. The molecular weight excluding hydrogens is 264 g/mol. The zero-order valence-corrected chi connectivity index (χ0v) is 11.1. The lowest BCUT2D eigenvalue weighted by Crippen LogP contribution is -2.25. The maximum absolute atomic E-state index is 12.0. The van der Waals surface area contributed by atoms with E-state index in [0.717, 1.165) is 11.1 Å². The lowest BCUT2D eigenvalue weighted by atomic mass is 10.3. The third kappa shape index (κ3) is 2.33. The average molecular weight is 276 g/mol. The quantitative estimate of drug-likeness (QED) is 0.895. The van der Waals surface area contributed by atoms with Gasteiger partial charge in [-0.25, -0.2) is 4.98 Å². The molecule has 98 valence electrons. The summed E-state index contributed by atoms with van der Waals surface area (Å²) in [5.74, 6) is 0.0309. The lowest BCUT2D eigenvalue weighted by molar-refractivity contribution is -0.117. The fourth-order valence-corrected chi connectivity index (χ4v) is 3.13. The number of hydrogen-bond acceptors (Lipinski definition) is 5. The number of aromatic amines is 1. The Bertz CT molecular complexity index is 654. The normalized spacial score (nSPS) is 19.3. The van der Waals surface area contributed by atoms with Gasteiger partial charge < -0.3 is 4.90 Å². The molecule has 0 saturated carbocycles. The van der Waals surface area contributed by atoms with E-state index in [-0.39, 0.29) is 16.3 Å². The Kier molecular flexibility index (Phi) is 2.98. The van der Waals surface area contributed by atoms with Crippen molar-refractivity contribution in [2.24, 2.45) is 0 Å². The molecule has 0 radical (unpaired) electrons. The number of anilines is 1. The Morgan fingerprint density at radius 3 is 3.16 bits per heavy atom. The Morgan fingerprint density at radius 1 is 1.53 bits per heavy atom. The molecule has 1 saturated heterocycles. The molecule has 1 aliphatic heterocycles. The van der Waals surface area contributed by atoms with Crippen LogP contribution in [-0.2, 0) is 9.59 Å². The minimum absolute atomic E-state index is 0.0309. The van der Waals surface area contributed by atoms with E-state index in [2.05, 4.69) is 15.2 Å². The Morgan fingerprint density at radius 2 is 2.37 bits per heavy atom. The van der Waals surface area contributed by atoms with Crippen LogP contribution in [0.2, 0.25) is 0 Å². The molecular formula is C12H12N4O2S. The summed E-state index contributed by atoms with van der Waals surface area (Å²) < 4.78 is 0. The van der Waals surface area contributed by atoms with Crippen molar-refractivity contribution < 1.29 is 9.59 Å². The van der Waals surface area contributed by atoms with Crippen LogP contribution in [0.1, 0.15) is 13.3 Å². The van der Waals surface area contributed by atoms with Crippen LogP contribution in [0.25, 0.3) is 11.0 Å². The van der Waals surface area contributed by atoms with Gasteiger partial charge in [-0.15, -0.1) is 0 Å². The predicted molar refractivity (Wildman–Crippen MR) is 72.9 cm³/mol. The molecule has 2 aromatic rings. The molecule has 0 aromatic carbocycles. The van der Waals surface area contributed by atoms with Crippen molar-refractivity contribution in [3.05, 3.63) is 18.5 Å². The summed E-state index contributed by atoms with van der Waals surface area (Å²) >= 11 is 1.23. The second-order valence-corrected chi connectivity index (χ2v) is 5.92. The van der Waals surface area contributed by atoms with Crippen molar-refractivity contribution in [1.82, 2.24) is 15.2 Å². The van der Waals surface area contributed by atoms with Crippen molar-refractivity contribution in [2.75, 3.05) is 11.4 Å². The Balaban J connectivity index is 1.85. The number of H-pyrrole nitrogens is 1. The molecule has 7 heteroatoms.